The van der Waals surface area contributed by atoms with Gasteiger partial charge in [-0.15, -0.1) is 0 Å². The molecular weight excluding hydrogens is 222 g/mol. The van der Waals surface area contributed by atoms with Gasteiger partial charge in [0, 0.05) is 20.2 Å². The lowest BCUT2D eigenvalue weighted by Gasteiger charge is -2.41. The maximum Gasteiger partial charge on any atom is 0.236 e. The maximum atomic E-state index is 12.2. The normalized spacial score (nSPS) is 18.6. The molecule has 0 aliphatic heterocycles. The summed E-state index contributed by atoms with van der Waals surface area (Å²) in [6.45, 7) is 3.57. The molecule has 1 aliphatic carbocycles. The van der Waals surface area contributed by atoms with Crippen LogP contribution in [0.15, 0.2) is 5.16 Å². The summed E-state index contributed by atoms with van der Waals surface area (Å²) in [5, 5.41) is 11.7. The van der Waals surface area contributed by atoms with Crippen LogP contribution in [0.1, 0.15) is 26.2 Å². The zero-order chi connectivity index (χ0) is 12.9. The van der Waals surface area contributed by atoms with Crippen LogP contribution in [-0.2, 0) is 9.53 Å². The summed E-state index contributed by atoms with van der Waals surface area (Å²) in [7, 11) is 1.71. The molecule has 0 atom stereocenters. The highest BCUT2D eigenvalue weighted by Gasteiger charge is 2.49. The van der Waals surface area contributed by atoms with E-state index in [-0.39, 0.29) is 11.7 Å². The first-order valence-electron chi connectivity index (χ1n) is 5.90. The quantitative estimate of drug-likeness (QED) is 0.232. The van der Waals surface area contributed by atoms with Crippen molar-refractivity contribution in [1.29, 1.82) is 0 Å². The van der Waals surface area contributed by atoms with E-state index in [1.165, 1.54) is 0 Å². The Kier molecular flexibility index (Phi) is 4.74. The minimum Gasteiger partial charge on any atom is -0.409 e. The molecule has 0 saturated heterocycles. The fourth-order valence-electron chi connectivity index (χ4n) is 2.02. The third kappa shape index (κ3) is 2.69. The second-order valence-electron chi connectivity index (χ2n) is 4.34. The Labute approximate surface area is 101 Å². The fourth-order valence-corrected chi connectivity index (χ4v) is 2.02. The van der Waals surface area contributed by atoms with Crippen LogP contribution in [-0.4, -0.2) is 48.7 Å². The topological polar surface area (TPSA) is 88.2 Å². The SMILES string of the molecule is CCOCCN(C)C(=O)C1(C(N)=NO)CCC1. The predicted octanol–water partition coefficient (Wildman–Crippen LogP) is 0.398. The number of carbonyl (C=O) groups excluding carboxylic acids is 1. The summed E-state index contributed by atoms with van der Waals surface area (Å²) in [6, 6.07) is 0. The number of rotatable bonds is 6. The van der Waals surface area contributed by atoms with Gasteiger partial charge in [0.2, 0.25) is 5.91 Å². The number of carbonyl (C=O) groups is 1. The van der Waals surface area contributed by atoms with E-state index in [1.54, 1.807) is 11.9 Å². The van der Waals surface area contributed by atoms with E-state index < -0.39 is 5.41 Å². The van der Waals surface area contributed by atoms with Gasteiger partial charge in [-0.2, -0.15) is 0 Å². The van der Waals surface area contributed by atoms with Crippen molar-refractivity contribution in [2.75, 3.05) is 26.8 Å². The second kappa shape index (κ2) is 5.86. The number of amides is 1. The minimum atomic E-state index is -0.782. The third-order valence-corrected chi connectivity index (χ3v) is 3.34. The summed E-state index contributed by atoms with van der Waals surface area (Å²) < 4.78 is 5.20. The number of likely N-dealkylation sites (N-methyl/N-ethyl adjacent to an activating group) is 1. The van der Waals surface area contributed by atoms with Crippen LogP contribution in [0.5, 0.6) is 0 Å². The van der Waals surface area contributed by atoms with Gasteiger partial charge in [0.05, 0.1) is 6.61 Å². The van der Waals surface area contributed by atoms with Crippen LogP contribution in [0.2, 0.25) is 0 Å². The van der Waals surface area contributed by atoms with Crippen molar-refractivity contribution in [1.82, 2.24) is 4.90 Å². The van der Waals surface area contributed by atoms with Crippen molar-refractivity contribution in [2.24, 2.45) is 16.3 Å². The predicted molar refractivity (Wildman–Crippen MR) is 63.8 cm³/mol. The molecule has 1 saturated carbocycles. The fraction of sp³-hybridized carbons (Fsp3) is 0.818. The van der Waals surface area contributed by atoms with Gasteiger partial charge in [0.15, 0.2) is 5.84 Å². The molecule has 0 aromatic carbocycles. The molecule has 0 radical (unpaired) electrons. The van der Waals surface area contributed by atoms with Gasteiger partial charge in [-0.05, 0) is 19.8 Å². The number of nitrogens with two attached hydrogens (primary N) is 1. The van der Waals surface area contributed by atoms with E-state index in [2.05, 4.69) is 5.16 Å². The lowest BCUT2D eigenvalue weighted by atomic mass is 9.67. The molecule has 0 unspecified atom stereocenters. The zero-order valence-electron chi connectivity index (χ0n) is 10.5. The molecule has 0 heterocycles. The van der Waals surface area contributed by atoms with Crippen LogP contribution in [0.3, 0.4) is 0 Å². The molecule has 0 bridgehead atoms. The average Bonchev–Trinajstić information content (AvgIpc) is 2.27. The number of ether oxygens (including phenoxy) is 1. The molecule has 1 rings (SSSR count). The first-order valence-corrected chi connectivity index (χ1v) is 5.90. The van der Waals surface area contributed by atoms with E-state index in [1.807, 2.05) is 6.92 Å². The van der Waals surface area contributed by atoms with Gasteiger partial charge in [0.1, 0.15) is 5.41 Å². The number of hydrogen-bond acceptors (Lipinski definition) is 4. The summed E-state index contributed by atoms with van der Waals surface area (Å²) in [4.78, 5) is 13.8. The maximum absolute atomic E-state index is 12.2. The molecule has 17 heavy (non-hydrogen) atoms. The Morgan fingerprint density at radius 2 is 2.24 bits per heavy atom. The summed E-state index contributed by atoms with van der Waals surface area (Å²) in [5.74, 6) is -0.0595. The van der Waals surface area contributed by atoms with Crippen molar-refractivity contribution in [3.8, 4) is 0 Å². The Hall–Kier alpha value is -1.30. The Morgan fingerprint density at radius 1 is 1.59 bits per heavy atom. The van der Waals surface area contributed by atoms with Gasteiger partial charge in [-0.1, -0.05) is 11.6 Å². The molecule has 6 nitrogen and oxygen atoms in total. The molecule has 1 amide bonds. The van der Waals surface area contributed by atoms with Crippen LogP contribution in [0.4, 0.5) is 0 Å². The molecule has 1 aliphatic rings. The van der Waals surface area contributed by atoms with Crippen molar-refractivity contribution >= 4 is 11.7 Å². The molecule has 3 N–H and O–H groups in total. The van der Waals surface area contributed by atoms with Gasteiger partial charge >= 0.3 is 0 Å². The van der Waals surface area contributed by atoms with Crippen molar-refractivity contribution in [2.45, 2.75) is 26.2 Å². The zero-order valence-corrected chi connectivity index (χ0v) is 10.5. The summed E-state index contributed by atoms with van der Waals surface area (Å²) in [5.41, 5.74) is 4.85. The Balaban J connectivity index is 2.60. The van der Waals surface area contributed by atoms with Crippen LogP contribution in [0.25, 0.3) is 0 Å². The van der Waals surface area contributed by atoms with E-state index >= 15 is 0 Å². The van der Waals surface area contributed by atoms with Gasteiger partial charge < -0.3 is 20.6 Å². The highest BCUT2D eigenvalue weighted by Crippen LogP contribution is 2.42. The van der Waals surface area contributed by atoms with E-state index in [9.17, 15) is 4.79 Å². The number of hydrogen-bond donors (Lipinski definition) is 2. The first-order chi connectivity index (χ1) is 8.08. The number of amidine groups is 1. The second-order valence-corrected chi connectivity index (χ2v) is 4.34. The standard InChI is InChI=1S/C11H21N3O3/c1-3-17-8-7-14(2)10(15)11(5-4-6-11)9(12)13-16/h16H,3-8H2,1-2H3,(H2,12,13). The largest absolute Gasteiger partial charge is 0.409 e. The van der Waals surface area contributed by atoms with E-state index in [0.29, 0.717) is 32.6 Å². The molecule has 98 valence electrons. The molecule has 1 fully saturated rings. The lowest BCUT2D eigenvalue weighted by Crippen LogP contribution is -2.54. The Morgan fingerprint density at radius 3 is 2.65 bits per heavy atom. The molecule has 0 spiro atoms. The number of oxime groups is 1. The van der Waals surface area contributed by atoms with Crippen molar-refractivity contribution in [3.63, 3.8) is 0 Å². The van der Waals surface area contributed by atoms with Crippen LogP contribution >= 0.6 is 0 Å². The highest BCUT2D eigenvalue weighted by atomic mass is 16.5. The van der Waals surface area contributed by atoms with Crippen molar-refractivity contribution < 1.29 is 14.7 Å². The summed E-state index contributed by atoms with van der Waals surface area (Å²) in [6.07, 6.45) is 2.24. The highest BCUT2D eigenvalue weighted by molar-refractivity contribution is 6.07. The third-order valence-electron chi connectivity index (χ3n) is 3.34. The lowest BCUT2D eigenvalue weighted by molar-refractivity contribution is -0.141. The summed E-state index contributed by atoms with van der Waals surface area (Å²) >= 11 is 0. The van der Waals surface area contributed by atoms with Crippen molar-refractivity contribution in [3.05, 3.63) is 0 Å². The smallest absolute Gasteiger partial charge is 0.236 e. The van der Waals surface area contributed by atoms with E-state index in [4.69, 9.17) is 15.7 Å². The Bertz CT molecular complexity index is 300. The number of nitrogens with zero attached hydrogens (tertiary/aromatic N) is 2. The van der Waals surface area contributed by atoms with Gasteiger partial charge in [-0.3, -0.25) is 4.79 Å². The molecule has 6 heteroatoms. The van der Waals surface area contributed by atoms with Gasteiger partial charge in [0.25, 0.3) is 0 Å². The van der Waals surface area contributed by atoms with Gasteiger partial charge in [-0.25, -0.2) is 0 Å². The minimum absolute atomic E-state index is 0.0250. The molecule has 0 aromatic rings. The van der Waals surface area contributed by atoms with Crippen LogP contribution < -0.4 is 5.73 Å². The molecule has 0 aromatic heterocycles. The average molecular weight is 243 g/mol. The van der Waals surface area contributed by atoms with Crippen LogP contribution in [0, 0.1) is 5.41 Å². The first kappa shape index (κ1) is 13.8. The van der Waals surface area contributed by atoms with E-state index in [0.717, 1.165) is 6.42 Å². The monoisotopic (exact) mass is 243 g/mol. The molecular formula is C11H21N3O3.